The van der Waals surface area contributed by atoms with Crippen molar-refractivity contribution in [3.8, 4) is 0 Å². The second-order valence-corrected chi connectivity index (χ2v) is 4.35. The molecule has 0 spiro atoms. The van der Waals surface area contributed by atoms with Gasteiger partial charge in [0, 0.05) is 0 Å². The summed E-state index contributed by atoms with van der Waals surface area (Å²) >= 11 is 0. The van der Waals surface area contributed by atoms with Crippen LogP contribution in [0.3, 0.4) is 0 Å². The van der Waals surface area contributed by atoms with Crippen LogP contribution in [0.25, 0.3) is 0 Å². The van der Waals surface area contributed by atoms with Gasteiger partial charge >= 0.3 is 24.8 Å². The first-order valence-corrected chi connectivity index (χ1v) is 4.99. The molecule has 0 fully saturated rings. The van der Waals surface area contributed by atoms with Crippen molar-refractivity contribution in [2.75, 3.05) is 0 Å². The van der Waals surface area contributed by atoms with Crippen LogP contribution in [-0.4, -0.2) is 17.4 Å². The van der Waals surface area contributed by atoms with Crippen molar-refractivity contribution in [2.45, 2.75) is 26.4 Å². The maximum Gasteiger partial charge on any atom is 1.00 e. The Balaban J connectivity index is 0.00000289. The third-order valence-corrected chi connectivity index (χ3v) is 1.63. The molecule has 0 N–H and O–H groups in total. The molecular formula is C12H13LiO5. The summed E-state index contributed by atoms with van der Waals surface area (Å²) in [5, 5.41) is 11.3. The van der Waals surface area contributed by atoms with Gasteiger partial charge in [-0.25, -0.2) is 4.79 Å². The monoisotopic (exact) mass is 244 g/mol. The smallest absolute Gasteiger partial charge is 0.867 e. The fourth-order valence-electron chi connectivity index (χ4n) is 0.996. The number of hydrogen-bond donors (Lipinski definition) is 0. The van der Waals surface area contributed by atoms with E-state index in [4.69, 9.17) is 9.15 Å². The van der Waals surface area contributed by atoms with Gasteiger partial charge in [0.15, 0.2) is 5.76 Å². The van der Waals surface area contributed by atoms with E-state index in [9.17, 15) is 14.7 Å². The van der Waals surface area contributed by atoms with Crippen LogP contribution in [-0.2, 0) is 9.53 Å². The van der Waals surface area contributed by atoms with Gasteiger partial charge in [0.25, 0.3) is 0 Å². The van der Waals surface area contributed by atoms with Gasteiger partial charge < -0.3 is 14.3 Å². The van der Waals surface area contributed by atoms with Crippen LogP contribution in [0.15, 0.2) is 34.6 Å². The number of esters is 1. The third-order valence-electron chi connectivity index (χ3n) is 1.63. The minimum atomic E-state index is -1.06. The van der Waals surface area contributed by atoms with Crippen molar-refractivity contribution in [3.05, 3.63) is 36.0 Å². The molecule has 0 bridgehead atoms. The average molecular weight is 244 g/mol. The summed E-state index contributed by atoms with van der Waals surface area (Å²) in [5.41, 5.74) is -0.770. The Labute approximate surface area is 117 Å². The first-order chi connectivity index (χ1) is 7.79. The van der Waals surface area contributed by atoms with E-state index in [0.29, 0.717) is 6.08 Å². The number of furan rings is 1. The molecule has 0 aliphatic heterocycles. The van der Waals surface area contributed by atoms with Crippen molar-refractivity contribution in [1.29, 1.82) is 0 Å². The second-order valence-electron chi connectivity index (χ2n) is 4.35. The van der Waals surface area contributed by atoms with Crippen LogP contribution >= 0.6 is 0 Å². The SMILES string of the molecule is CC(C)(C)OC(=O)C([O-])=CC(=O)c1ccco1.[Li+]. The summed E-state index contributed by atoms with van der Waals surface area (Å²) in [6, 6.07) is 2.92. The Morgan fingerprint density at radius 1 is 1.39 bits per heavy atom. The summed E-state index contributed by atoms with van der Waals surface area (Å²) in [5.74, 6) is -2.72. The summed E-state index contributed by atoms with van der Waals surface area (Å²) in [6.07, 6.45) is 1.96. The van der Waals surface area contributed by atoms with Gasteiger partial charge in [-0.3, -0.25) is 4.79 Å². The minimum Gasteiger partial charge on any atom is -0.867 e. The van der Waals surface area contributed by atoms with Gasteiger partial charge in [0.2, 0.25) is 5.78 Å². The first-order valence-electron chi connectivity index (χ1n) is 4.99. The predicted octanol–water partition coefficient (Wildman–Crippen LogP) is -1.95. The Bertz CT molecular complexity index is 440. The van der Waals surface area contributed by atoms with Crippen LogP contribution < -0.4 is 24.0 Å². The number of hydrogen-bond acceptors (Lipinski definition) is 5. The fourth-order valence-corrected chi connectivity index (χ4v) is 0.996. The van der Waals surface area contributed by atoms with Gasteiger partial charge in [-0.1, -0.05) is 0 Å². The fraction of sp³-hybridized carbons (Fsp3) is 0.333. The van der Waals surface area contributed by atoms with E-state index in [-0.39, 0.29) is 24.6 Å². The predicted molar refractivity (Wildman–Crippen MR) is 57.0 cm³/mol. The normalized spacial score (nSPS) is 11.6. The van der Waals surface area contributed by atoms with E-state index in [2.05, 4.69) is 0 Å². The molecule has 6 heteroatoms. The van der Waals surface area contributed by atoms with Gasteiger partial charge in [-0.15, -0.1) is 0 Å². The summed E-state index contributed by atoms with van der Waals surface area (Å²) in [7, 11) is 0. The van der Waals surface area contributed by atoms with Gasteiger partial charge in [-0.2, -0.15) is 0 Å². The molecule has 5 nitrogen and oxygen atoms in total. The Morgan fingerprint density at radius 3 is 2.44 bits per heavy atom. The maximum atomic E-state index is 11.4. The molecule has 0 unspecified atom stereocenters. The molecule has 1 rings (SSSR count). The largest absolute Gasteiger partial charge is 1.00 e. The van der Waals surface area contributed by atoms with Crippen LogP contribution in [0.4, 0.5) is 0 Å². The van der Waals surface area contributed by atoms with E-state index in [1.54, 1.807) is 20.8 Å². The van der Waals surface area contributed by atoms with Gasteiger partial charge in [0.1, 0.15) is 5.60 Å². The molecular weight excluding hydrogens is 231 g/mol. The number of carbonyl (C=O) groups is 2. The van der Waals surface area contributed by atoms with E-state index in [1.807, 2.05) is 0 Å². The zero-order chi connectivity index (χ0) is 13.1. The Hall–Kier alpha value is -1.44. The van der Waals surface area contributed by atoms with Crippen LogP contribution in [0.2, 0.25) is 0 Å². The Kier molecular flexibility index (Phi) is 5.96. The number of ether oxygens (including phenoxy) is 1. The standard InChI is InChI=1S/C12H14O5.Li/c1-12(2,3)17-11(15)9(14)7-8(13)10-5-4-6-16-10;/h4-7,14H,1-3H3;/q;+1/p-1. The maximum absolute atomic E-state index is 11.4. The molecule has 1 heterocycles. The van der Waals surface area contributed by atoms with E-state index in [0.717, 1.165) is 0 Å². The first kappa shape index (κ1) is 16.6. The van der Waals surface area contributed by atoms with Crippen molar-refractivity contribution in [3.63, 3.8) is 0 Å². The Morgan fingerprint density at radius 2 is 2.00 bits per heavy atom. The molecule has 18 heavy (non-hydrogen) atoms. The second kappa shape index (κ2) is 6.48. The molecule has 0 saturated carbocycles. The van der Waals surface area contributed by atoms with Crippen molar-refractivity contribution >= 4 is 11.8 Å². The summed E-state index contributed by atoms with van der Waals surface area (Å²) in [4.78, 5) is 22.7. The average Bonchev–Trinajstić information content (AvgIpc) is 2.67. The topological polar surface area (TPSA) is 79.6 Å². The molecule has 0 radical (unpaired) electrons. The molecule has 0 saturated heterocycles. The summed E-state index contributed by atoms with van der Waals surface area (Å²) < 4.78 is 9.61. The van der Waals surface area contributed by atoms with E-state index in [1.165, 1.54) is 18.4 Å². The molecule has 92 valence electrons. The molecule has 0 aliphatic rings. The molecule has 0 aromatic carbocycles. The molecule has 0 amide bonds. The molecule has 0 atom stereocenters. The van der Waals surface area contributed by atoms with Crippen molar-refractivity contribution < 1.29 is 42.7 Å². The quantitative estimate of drug-likeness (QED) is 0.203. The number of rotatable bonds is 3. The van der Waals surface area contributed by atoms with E-state index < -0.39 is 23.1 Å². The van der Waals surface area contributed by atoms with Crippen molar-refractivity contribution in [1.82, 2.24) is 0 Å². The van der Waals surface area contributed by atoms with Crippen LogP contribution in [0.5, 0.6) is 0 Å². The van der Waals surface area contributed by atoms with Gasteiger partial charge in [-0.05, 0) is 44.7 Å². The molecule has 1 aromatic rings. The van der Waals surface area contributed by atoms with Crippen LogP contribution in [0.1, 0.15) is 31.3 Å². The van der Waals surface area contributed by atoms with Crippen molar-refractivity contribution in [2.24, 2.45) is 0 Å². The van der Waals surface area contributed by atoms with Crippen LogP contribution in [0, 0.1) is 0 Å². The van der Waals surface area contributed by atoms with Gasteiger partial charge in [0.05, 0.1) is 6.26 Å². The zero-order valence-corrected chi connectivity index (χ0v) is 10.9. The molecule has 1 aromatic heterocycles. The third kappa shape index (κ3) is 5.26. The molecule has 0 aliphatic carbocycles. The minimum absolute atomic E-state index is 0. The number of carbonyl (C=O) groups excluding carboxylic acids is 2. The zero-order valence-electron chi connectivity index (χ0n) is 10.9. The number of allylic oxidation sites excluding steroid dienone is 1. The summed E-state index contributed by atoms with van der Waals surface area (Å²) in [6.45, 7) is 4.89. The number of ketones is 1. The van der Waals surface area contributed by atoms with E-state index >= 15 is 0 Å².